The molecule has 1 rings (SSSR count). The van der Waals surface area contributed by atoms with Crippen LogP contribution in [-0.2, 0) is 16.0 Å². The number of carbonyl (C=O) groups is 1. The van der Waals surface area contributed by atoms with Gasteiger partial charge in [0.1, 0.15) is 5.76 Å². The quantitative estimate of drug-likeness (QED) is 0.590. The van der Waals surface area contributed by atoms with Crippen LogP contribution in [0.4, 0.5) is 0 Å². The van der Waals surface area contributed by atoms with Gasteiger partial charge in [0.2, 0.25) is 0 Å². The summed E-state index contributed by atoms with van der Waals surface area (Å²) < 4.78 is 9.35. The van der Waals surface area contributed by atoms with Gasteiger partial charge >= 0.3 is 5.97 Å². The highest BCUT2D eigenvalue weighted by Gasteiger charge is 2.08. The predicted molar refractivity (Wildman–Crippen MR) is 37.0 cm³/mol. The van der Waals surface area contributed by atoms with Crippen molar-refractivity contribution in [2.45, 2.75) is 13.3 Å². The zero-order valence-corrected chi connectivity index (χ0v) is 6.46. The third-order valence-electron chi connectivity index (χ3n) is 1.38. The summed E-state index contributed by atoms with van der Waals surface area (Å²) in [4.78, 5) is 14.6. The second kappa shape index (κ2) is 3.18. The van der Waals surface area contributed by atoms with E-state index in [0.29, 0.717) is 11.5 Å². The summed E-state index contributed by atoms with van der Waals surface area (Å²) in [5, 5.41) is 0. The van der Waals surface area contributed by atoms with Gasteiger partial charge < -0.3 is 9.15 Å². The molecule has 60 valence electrons. The minimum Gasteiger partial charge on any atom is -0.469 e. The molecule has 4 heteroatoms. The van der Waals surface area contributed by atoms with Crippen LogP contribution in [0, 0.1) is 6.92 Å². The number of carbonyl (C=O) groups excluding carboxylic acids is 1. The molecular weight excluding hydrogens is 146 g/mol. The van der Waals surface area contributed by atoms with Crippen LogP contribution >= 0.6 is 0 Å². The molecule has 0 amide bonds. The van der Waals surface area contributed by atoms with Crippen molar-refractivity contribution in [3.8, 4) is 0 Å². The van der Waals surface area contributed by atoms with Crippen molar-refractivity contribution in [2.75, 3.05) is 7.11 Å². The Bertz CT molecular complexity index is 254. The van der Waals surface area contributed by atoms with Gasteiger partial charge in [-0.05, 0) is 6.92 Å². The molecule has 0 spiro atoms. The topological polar surface area (TPSA) is 52.3 Å². The molecule has 1 heterocycles. The summed E-state index contributed by atoms with van der Waals surface area (Å²) in [5.74, 6) is 0.359. The Labute approximate surface area is 64.2 Å². The van der Waals surface area contributed by atoms with Gasteiger partial charge in [-0.1, -0.05) is 0 Å². The Balaban J connectivity index is 2.64. The third kappa shape index (κ3) is 1.80. The lowest BCUT2D eigenvalue weighted by molar-refractivity contribution is -0.139. The van der Waals surface area contributed by atoms with Gasteiger partial charge in [-0.2, -0.15) is 0 Å². The molecule has 1 aromatic rings. The van der Waals surface area contributed by atoms with E-state index in [0.717, 1.165) is 0 Å². The minimum atomic E-state index is -0.304. The smallest absolute Gasteiger partial charge is 0.311 e. The van der Waals surface area contributed by atoms with Crippen LogP contribution in [0.5, 0.6) is 0 Å². The molecule has 11 heavy (non-hydrogen) atoms. The summed E-state index contributed by atoms with van der Waals surface area (Å²) in [6, 6.07) is 0. The van der Waals surface area contributed by atoms with Crippen LogP contribution in [0.3, 0.4) is 0 Å². The van der Waals surface area contributed by atoms with E-state index in [9.17, 15) is 4.79 Å². The molecule has 0 N–H and O–H groups in total. The maximum Gasteiger partial charge on any atom is 0.311 e. The predicted octanol–water partition coefficient (Wildman–Crippen LogP) is 0.699. The molecule has 0 bridgehead atoms. The molecule has 0 aliphatic heterocycles. The first-order valence-corrected chi connectivity index (χ1v) is 3.20. The van der Waals surface area contributed by atoms with Crippen LogP contribution in [-0.4, -0.2) is 18.1 Å². The van der Waals surface area contributed by atoms with Gasteiger partial charge in [-0.15, -0.1) is 0 Å². The van der Waals surface area contributed by atoms with E-state index in [4.69, 9.17) is 4.42 Å². The third-order valence-corrected chi connectivity index (χ3v) is 1.38. The summed E-state index contributed by atoms with van der Waals surface area (Å²) >= 11 is 0. The number of esters is 1. The van der Waals surface area contributed by atoms with Gasteiger partial charge in [0.15, 0.2) is 6.39 Å². The number of methoxy groups -OCH3 is 1. The number of hydrogen-bond acceptors (Lipinski definition) is 4. The lowest BCUT2D eigenvalue weighted by Gasteiger charge is -1.94. The van der Waals surface area contributed by atoms with Crippen molar-refractivity contribution in [2.24, 2.45) is 0 Å². The number of nitrogens with zero attached hydrogens (tertiary/aromatic N) is 1. The molecular formula is C7H9NO3. The maximum atomic E-state index is 10.7. The molecule has 0 unspecified atom stereocenters. The Morgan fingerprint density at radius 3 is 3.00 bits per heavy atom. The zero-order chi connectivity index (χ0) is 8.27. The van der Waals surface area contributed by atoms with E-state index < -0.39 is 0 Å². The highest BCUT2D eigenvalue weighted by molar-refractivity contribution is 5.71. The minimum absolute atomic E-state index is 0.179. The van der Waals surface area contributed by atoms with Crippen LogP contribution in [0.2, 0.25) is 0 Å². The van der Waals surface area contributed by atoms with Gasteiger partial charge in [0, 0.05) is 0 Å². The Hall–Kier alpha value is -1.32. The van der Waals surface area contributed by atoms with Crippen LogP contribution < -0.4 is 0 Å². The lowest BCUT2D eigenvalue weighted by Crippen LogP contribution is -2.05. The number of aromatic nitrogens is 1. The SMILES string of the molecule is COC(=O)Cc1ncoc1C. The van der Waals surface area contributed by atoms with Crippen molar-refractivity contribution < 1.29 is 13.9 Å². The van der Waals surface area contributed by atoms with E-state index in [1.54, 1.807) is 6.92 Å². The Morgan fingerprint density at radius 1 is 1.82 bits per heavy atom. The molecule has 0 saturated heterocycles. The van der Waals surface area contributed by atoms with Gasteiger partial charge in [0.05, 0.1) is 19.2 Å². The van der Waals surface area contributed by atoms with E-state index >= 15 is 0 Å². The molecule has 1 aromatic heterocycles. The highest BCUT2D eigenvalue weighted by atomic mass is 16.5. The standard InChI is InChI=1S/C7H9NO3/c1-5-6(8-4-11-5)3-7(9)10-2/h4H,3H2,1-2H3. The summed E-state index contributed by atoms with van der Waals surface area (Å²) in [7, 11) is 1.34. The number of rotatable bonds is 2. The number of aryl methyl sites for hydroxylation is 1. The normalized spacial score (nSPS) is 9.64. The van der Waals surface area contributed by atoms with Gasteiger partial charge in [0.25, 0.3) is 0 Å². The fourth-order valence-electron chi connectivity index (χ4n) is 0.707. The van der Waals surface area contributed by atoms with Crippen molar-refractivity contribution in [3.63, 3.8) is 0 Å². The second-order valence-corrected chi connectivity index (χ2v) is 2.11. The molecule has 0 fully saturated rings. The summed E-state index contributed by atoms with van der Waals surface area (Å²) in [5.41, 5.74) is 0.636. The molecule has 0 aromatic carbocycles. The molecule has 0 saturated carbocycles. The van der Waals surface area contributed by atoms with E-state index in [1.807, 2.05) is 0 Å². The average Bonchev–Trinajstić information content (AvgIpc) is 2.37. The van der Waals surface area contributed by atoms with E-state index in [1.165, 1.54) is 13.5 Å². The van der Waals surface area contributed by atoms with Crippen LogP contribution in [0.25, 0.3) is 0 Å². The first-order valence-electron chi connectivity index (χ1n) is 3.20. The molecule has 4 nitrogen and oxygen atoms in total. The van der Waals surface area contributed by atoms with Crippen molar-refractivity contribution >= 4 is 5.97 Å². The fraction of sp³-hybridized carbons (Fsp3) is 0.429. The van der Waals surface area contributed by atoms with Crippen LogP contribution in [0.15, 0.2) is 10.8 Å². The number of oxazole rings is 1. The first kappa shape index (κ1) is 7.78. The molecule has 0 aliphatic carbocycles. The lowest BCUT2D eigenvalue weighted by atomic mass is 10.3. The first-order chi connectivity index (χ1) is 5.24. The zero-order valence-electron chi connectivity index (χ0n) is 6.46. The van der Waals surface area contributed by atoms with Crippen molar-refractivity contribution in [1.82, 2.24) is 4.98 Å². The summed E-state index contributed by atoms with van der Waals surface area (Å²) in [6.45, 7) is 1.76. The molecule has 0 aliphatic rings. The highest BCUT2D eigenvalue weighted by Crippen LogP contribution is 2.05. The van der Waals surface area contributed by atoms with Crippen molar-refractivity contribution in [1.29, 1.82) is 0 Å². The molecule has 0 atom stereocenters. The Morgan fingerprint density at radius 2 is 2.55 bits per heavy atom. The van der Waals surface area contributed by atoms with E-state index in [-0.39, 0.29) is 12.4 Å². The largest absolute Gasteiger partial charge is 0.469 e. The Kier molecular flexibility index (Phi) is 2.25. The van der Waals surface area contributed by atoms with Gasteiger partial charge in [-0.25, -0.2) is 4.98 Å². The maximum absolute atomic E-state index is 10.7. The fourth-order valence-corrected chi connectivity index (χ4v) is 0.707. The average molecular weight is 155 g/mol. The molecule has 0 radical (unpaired) electrons. The van der Waals surface area contributed by atoms with Gasteiger partial charge in [-0.3, -0.25) is 4.79 Å². The summed E-state index contributed by atoms with van der Waals surface area (Å²) in [6.07, 6.45) is 1.49. The van der Waals surface area contributed by atoms with Crippen molar-refractivity contribution in [3.05, 3.63) is 17.8 Å². The number of ether oxygens (including phenoxy) is 1. The monoisotopic (exact) mass is 155 g/mol. The second-order valence-electron chi connectivity index (χ2n) is 2.11. The number of hydrogen-bond donors (Lipinski definition) is 0. The van der Waals surface area contributed by atoms with Crippen LogP contribution in [0.1, 0.15) is 11.5 Å². The van der Waals surface area contributed by atoms with E-state index in [2.05, 4.69) is 9.72 Å².